The van der Waals surface area contributed by atoms with Gasteiger partial charge in [-0.15, -0.1) is 0 Å². The van der Waals surface area contributed by atoms with Gasteiger partial charge in [0.15, 0.2) is 11.5 Å². The quantitative estimate of drug-likeness (QED) is 0.859. The number of nitrogens with zero attached hydrogens (tertiary/aromatic N) is 1. The molecular weight excluding hydrogens is 316 g/mol. The molecule has 1 fully saturated rings. The maximum atomic E-state index is 12.4. The minimum Gasteiger partial charge on any atom is -0.490 e. The van der Waals surface area contributed by atoms with Gasteiger partial charge in [0.05, 0.1) is 19.8 Å². The molecule has 1 amide bonds. The standard InChI is InChI=1S/C20H30N2O3/c1-3-16(4-2)21-20(23)14-22-10-5-7-17(22)15-8-9-18-19(13-15)25-12-6-11-24-18/h8-9,13,16-17H,3-7,10-12,14H2,1-2H3,(H,21,23). The third-order valence-corrected chi connectivity index (χ3v) is 5.22. The van der Waals surface area contributed by atoms with E-state index in [-0.39, 0.29) is 18.0 Å². The molecular formula is C20H30N2O3. The van der Waals surface area contributed by atoms with Crippen LogP contribution in [0.15, 0.2) is 18.2 Å². The fraction of sp³-hybridized carbons (Fsp3) is 0.650. The maximum Gasteiger partial charge on any atom is 0.234 e. The number of fused-ring (bicyclic) bond motifs is 1. The molecule has 0 aliphatic carbocycles. The van der Waals surface area contributed by atoms with Gasteiger partial charge in [0.1, 0.15) is 0 Å². The third-order valence-electron chi connectivity index (χ3n) is 5.22. The van der Waals surface area contributed by atoms with Crippen LogP contribution in [0.25, 0.3) is 0 Å². The van der Waals surface area contributed by atoms with E-state index in [1.54, 1.807) is 0 Å². The number of hydrogen-bond donors (Lipinski definition) is 1. The Morgan fingerprint density at radius 3 is 2.72 bits per heavy atom. The number of ether oxygens (including phenoxy) is 2. The van der Waals surface area contributed by atoms with E-state index in [2.05, 4.69) is 36.2 Å². The molecule has 1 saturated heterocycles. The second-order valence-corrected chi connectivity index (χ2v) is 6.97. The normalized spacial score (nSPS) is 20.5. The third kappa shape index (κ3) is 4.46. The molecule has 1 unspecified atom stereocenters. The molecule has 2 aliphatic heterocycles. The summed E-state index contributed by atoms with van der Waals surface area (Å²) in [5.74, 6) is 1.80. The average molecular weight is 346 g/mol. The van der Waals surface area contributed by atoms with E-state index in [1.807, 2.05) is 6.07 Å². The highest BCUT2D eigenvalue weighted by atomic mass is 16.5. The molecule has 5 heteroatoms. The summed E-state index contributed by atoms with van der Waals surface area (Å²) in [6.45, 7) is 7.07. The van der Waals surface area contributed by atoms with Crippen LogP contribution < -0.4 is 14.8 Å². The maximum absolute atomic E-state index is 12.4. The molecule has 1 aromatic rings. The number of amides is 1. The molecule has 138 valence electrons. The largest absolute Gasteiger partial charge is 0.490 e. The van der Waals surface area contributed by atoms with Crippen LogP contribution in [0.1, 0.15) is 57.6 Å². The molecule has 1 N–H and O–H groups in total. The van der Waals surface area contributed by atoms with Crippen LogP contribution in [-0.4, -0.2) is 43.2 Å². The lowest BCUT2D eigenvalue weighted by atomic mass is 10.0. The van der Waals surface area contributed by atoms with Crippen LogP contribution >= 0.6 is 0 Å². The fourth-order valence-corrected chi connectivity index (χ4v) is 3.73. The number of carbonyl (C=O) groups is 1. The van der Waals surface area contributed by atoms with E-state index in [0.29, 0.717) is 19.8 Å². The van der Waals surface area contributed by atoms with Gasteiger partial charge in [-0.25, -0.2) is 0 Å². The summed E-state index contributed by atoms with van der Waals surface area (Å²) in [6, 6.07) is 6.80. The van der Waals surface area contributed by atoms with Crippen LogP contribution in [0, 0.1) is 0 Å². The summed E-state index contributed by atoms with van der Waals surface area (Å²) in [5.41, 5.74) is 1.22. The van der Waals surface area contributed by atoms with Crippen molar-refractivity contribution in [2.24, 2.45) is 0 Å². The summed E-state index contributed by atoms with van der Waals surface area (Å²) in [7, 11) is 0. The van der Waals surface area contributed by atoms with E-state index in [4.69, 9.17) is 9.47 Å². The Kier molecular flexibility index (Phi) is 6.19. The van der Waals surface area contributed by atoms with Crippen molar-refractivity contribution >= 4 is 5.91 Å². The fourth-order valence-electron chi connectivity index (χ4n) is 3.73. The van der Waals surface area contributed by atoms with Gasteiger partial charge in [-0.1, -0.05) is 19.9 Å². The SMILES string of the molecule is CCC(CC)NC(=O)CN1CCCC1c1ccc2c(c1)OCCCO2. The first-order chi connectivity index (χ1) is 12.2. The predicted molar refractivity (Wildman–Crippen MR) is 98.1 cm³/mol. The monoisotopic (exact) mass is 346 g/mol. The molecule has 0 saturated carbocycles. The van der Waals surface area contributed by atoms with Crippen LogP contribution in [-0.2, 0) is 4.79 Å². The van der Waals surface area contributed by atoms with Gasteiger partial charge < -0.3 is 14.8 Å². The highest BCUT2D eigenvalue weighted by Crippen LogP contribution is 2.37. The van der Waals surface area contributed by atoms with E-state index in [1.165, 1.54) is 5.56 Å². The molecule has 5 nitrogen and oxygen atoms in total. The molecule has 1 aromatic carbocycles. The average Bonchev–Trinajstić information content (AvgIpc) is 2.95. The Morgan fingerprint density at radius 2 is 1.96 bits per heavy atom. The van der Waals surface area contributed by atoms with Crippen LogP contribution in [0.4, 0.5) is 0 Å². The van der Waals surface area contributed by atoms with Crippen molar-refractivity contribution in [2.45, 2.75) is 58.0 Å². The first kappa shape index (κ1) is 18.1. The second-order valence-electron chi connectivity index (χ2n) is 6.97. The van der Waals surface area contributed by atoms with E-state index in [9.17, 15) is 4.79 Å². The number of carbonyl (C=O) groups excluding carboxylic acids is 1. The topological polar surface area (TPSA) is 50.8 Å². The Hall–Kier alpha value is -1.75. The molecule has 2 heterocycles. The van der Waals surface area contributed by atoms with Gasteiger partial charge in [0.2, 0.25) is 5.91 Å². The number of likely N-dealkylation sites (tertiary alicyclic amines) is 1. The summed E-state index contributed by atoms with van der Waals surface area (Å²) in [4.78, 5) is 14.7. The van der Waals surface area contributed by atoms with Gasteiger partial charge in [-0.2, -0.15) is 0 Å². The van der Waals surface area contributed by atoms with E-state index >= 15 is 0 Å². The van der Waals surface area contributed by atoms with Crippen molar-refractivity contribution in [2.75, 3.05) is 26.3 Å². The Labute approximate surface area is 150 Å². The highest BCUT2D eigenvalue weighted by Gasteiger charge is 2.28. The van der Waals surface area contributed by atoms with E-state index in [0.717, 1.165) is 50.1 Å². The number of rotatable bonds is 6. The molecule has 1 atom stereocenters. The lowest BCUT2D eigenvalue weighted by Crippen LogP contribution is -2.41. The van der Waals surface area contributed by atoms with Gasteiger partial charge in [-0.3, -0.25) is 9.69 Å². The summed E-state index contributed by atoms with van der Waals surface area (Å²) in [5, 5.41) is 3.15. The van der Waals surface area contributed by atoms with Gasteiger partial charge in [0, 0.05) is 18.5 Å². The highest BCUT2D eigenvalue weighted by molar-refractivity contribution is 5.78. The first-order valence-corrected chi connectivity index (χ1v) is 9.64. The number of nitrogens with one attached hydrogen (secondary N) is 1. The van der Waals surface area contributed by atoms with Gasteiger partial charge in [0.25, 0.3) is 0 Å². The van der Waals surface area contributed by atoms with Crippen molar-refractivity contribution in [1.82, 2.24) is 10.2 Å². The Bertz CT molecular complexity index is 586. The van der Waals surface area contributed by atoms with E-state index < -0.39 is 0 Å². The summed E-state index contributed by atoms with van der Waals surface area (Å²) in [6.07, 6.45) is 5.08. The molecule has 2 aliphatic rings. The number of hydrogen-bond acceptors (Lipinski definition) is 4. The second kappa shape index (κ2) is 8.56. The van der Waals surface area contributed by atoms with Crippen LogP contribution in [0.2, 0.25) is 0 Å². The van der Waals surface area contributed by atoms with Crippen molar-refractivity contribution in [3.63, 3.8) is 0 Å². The predicted octanol–water partition coefficient (Wildman–Crippen LogP) is 3.29. The zero-order chi connectivity index (χ0) is 17.6. The molecule has 25 heavy (non-hydrogen) atoms. The lowest BCUT2D eigenvalue weighted by Gasteiger charge is -2.26. The van der Waals surface area contributed by atoms with Gasteiger partial charge in [-0.05, 0) is 49.9 Å². The van der Waals surface area contributed by atoms with Crippen LogP contribution in [0.5, 0.6) is 11.5 Å². The first-order valence-electron chi connectivity index (χ1n) is 9.64. The minimum atomic E-state index is 0.134. The molecule has 0 aromatic heterocycles. The number of benzene rings is 1. The van der Waals surface area contributed by atoms with Crippen molar-refractivity contribution in [3.8, 4) is 11.5 Å². The molecule has 0 bridgehead atoms. The zero-order valence-corrected chi connectivity index (χ0v) is 15.4. The molecule has 3 rings (SSSR count). The Morgan fingerprint density at radius 1 is 1.20 bits per heavy atom. The summed E-state index contributed by atoms with van der Waals surface area (Å²) < 4.78 is 11.5. The molecule has 0 spiro atoms. The van der Waals surface area contributed by atoms with Crippen molar-refractivity contribution < 1.29 is 14.3 Å². The minimum absolute atomic E-state index is 0.134. The van der Waals surface area contributed by atoms with Crippen molar-refractivity contribution in [1.29, 1.82) is 0 Å². The lowest BCUT2D eigenvalue weighted by molar-refractivity contribution is -0.123. The van der Waals surface area contributed by atoms with Crippen molar-refractivity contribution in [3.05, 3.63) is 23.8 Å². The zero-order valence-electron chi connectivity index (χ0n) is 15.4. The van der Waals surface area contributed by atoms with Crippen LogP contribution in [0.3, 0.4) is 0 Å². The Balaban J connectivity index is 1.67. The smallest absolute Gasteiger partial charge is 0.234 e. The van der Waals surface area contributed by atoms with Gasteiger partial charge >= 0.3 is 0 Å². The summed E-state index contributed by atoms with van der Waals surface area (Å²) >= 11 is 0. The molecule has 0 radical (unpaired) electrons.